The Kier molecular flexibility index (Phi) is 6.14. The van der Waals surface area contributed by atoms with Gasteiger partial charge in [0.05, 0.1) is 17.6 Å². The van der Waals surface area contributed by atoms with E-state index in [0.29, 0.717) is 30.7 Å². The Labute approximate surface area is 191 Å². The normalized spacial score (nSPS) is 14.4. The molecule has 3 heterocycles. The lowest BCUT2D eigenvalue weighted by Crippen LogP contribution is -2.29. The monoisotopic (exact) mass is 445 g/mol. The lowest BCUT2D eigenvalue weighted by molar-refractivity contribution is 0.108. The minimum Gasteiger partial charge on any atom is -0.491 e. The smallest absolute Gasteiger partial charge is 0.164 e. The van der Waals surface area contributed by atoms with Crippen molar-refractivity contribution in [2.75, 3.05) is 25.5 Å². The molecule has 3 N–H and O–H groups in total. The van der Waals surface area contributed by atoms with E-state index in [1.54, 1.807) is 19.4 Å². The summed E-state index contributed by atoms with van der Waals surface area (Å²) >= 11 is 0. The van der Waals surface area contributed by atoms with Crippen molar-refractivity contribution in [2.24, 2.45) is 0 Å². The first-order valence-electron chi connectivity index (χ1n) is 11.1. The first-order chi connectivity index (χ1) is 16.2. The summed E-state index contributed by atoms with van der Waals surface area (Å²) in [6.45, 7) is 1.30. The van der Waals surface area contributed by atoms with E-state index in [9.17, 15) is 5.11 Å². The fourth-order valence-corrected chi connectivity index (χ4v) is 3.67. The third kappa shape index (κ3) is 4.94. The van der Waals surface area contributed by atoms with Crippen molar-refractivity contribution >= 4 is 16.9 Å². The van der Waals surface area contributed by atoms with Crippen LogP contribution in [0.4, 0.5) is 5.82 Å². The van der Waals surface area contributed by atoms with Crippen molar-refractivity contribution in [3.8, 4) is 17.1 Å². The van der Waals surface area contributed by atoms with Crippen LogP contribution in [0.3, 0.4) is 0 Å². The van der Waals surface area contributed by atoms with Crippen LogP contribution < -0.4 is 15.4 Å². The average molecular weight is 446 g/mol. The number of nitrogens with one attached hydrogen (secondary N) is 2. The van der Waals surface area contributed by atoms with E-state index in [-0.39, 0.29) is 6.61 Å². The summed E-state index contributed by atoms with van der Waals surface area (Å²) in [6.07, 6.45) is 7.06. The van der Waals surface area contributed by atoms with Crippen LogP contribution in [0, 0.1) is 0 Å². The summed E-state index contributed by atoms with van der Waals surface area (Å²) < 4.78 is 7.78. The third-order valence-electron chi connectivity index (χ3n) is 5.53. The van der Waals surface area contributed by atoms with Crippen LogP contribution in [-0.2, 0) is 6.54 Å². The second kappa shape index (κ2) is 9.51. The van der Waals surface area contributed by atoms with E-state index >= 15 is 0 Å². The molecule has 1 aromatic carbocycles. The molecule has 0 amide bonds. The lowest BCUT2D eigenvalue weighted by Gasteiger charge is -2.13. The van der Waals surface area contributed by atoms with E-state index in [1.807, 2.05) is 47.3 Å². The molecule has 1 saturated carbocycles. The van der Waals surface area contributed by atoms with E-state index in [0.717, 1.165) is 40.8 Å². The van der Waals surface area contributed by atoms with Gasteiger partial charge in [-0.1, -0.05) is 12.1 Å². The lowest BCUT2D eigenvalue weighted by atomic mass is 10.2. The highest BCUT2D eigenvalue weighted by molar-refractivity contribution is 5.88. The summed E-state index contributed by atoms with van der Waals surface area (Å²) in [5.74, 6) is 2.01. The maximum atomic E-state index is 9.94. The molecular weight excluding hydrogens is 418 g/mol. The van der Waals surface area contributed by atoms with Gasteiger partial charge in [0.2, 0.25) is 0 Å². The van der Waals surface area contributed by atoms with Gasteiger partial charge in [-0.15, -0.1) is 0 Å². The number of likely N-dealkylation sites (N-methyl/N-ethyl adjacent to an activating group) is 1. The van der Waals surface area contributed by atoms with Gasteiger partial charge in [0.15, 0.2) is 11.5 Å². The maximum Gasteiger partial charge on any atom is 0.164 e. The molecule has 1 unspecified atom stereocenters. The van der Waals surface area contributed by atoms with Gasteiger partial charge in [-0.25, -0.2) is 14.6 Å². The summed E-state index contributed by atoms with van der Waals surface area (Å²) in [6, 6.07) is 12.0. The van der Waals surface area contributed by atoms with Crippen LogP contribution in [-0.4, -0.2) is 56.1 Å². The molecule has 9 nitrogen and oxygen atoms in total. The number of anilines is 1. The molecule has 9 heteroatoms. The van der Waals surface area contributed by atoms with E-state index in [2.05, 4.69) is 20.7 Å². The molecule has 1 aliphatic rings. The molecule has 0 bridgehead atoms. The Morgan fingerprint density at radius 1 is 1.18 bits per heavy atom. The number of nitrogens with zero attached hydrogens (tertiary/aromatic N) is 5. The van der Waals surface area contributed by atoms with Crippen LogP contribution in [0.2, 0.25) is 0 Å². The number of fused-ring (bicyclic) bond motifs is 1. The Balaban J connectivity index is 1.46. The molecule has 0 radical (unpaired) electrons. The Hall–Kier alpha value is -3.56. The first-order valence-corrected chi connectivity index (χ1v) is 11.1. The molecule has 33 heavy (non-hydrogen) atoms. The van der Waals surface area contributed by atoms with Gasteiger partial charge >= 0.3 is 0 Å². The molecule has 0 spiro atoms. The number of rotatable bonds is 10. The van der Waals surface area contributed by atoms with Gasteiger partial charge in [0.1, 0.15) is 24.3 Å². The molecular formula is C24H27N7O2. The number of ether oxygens (including phenoxy) is 1. The number of hydrogen-bond donors (Lipinski definition) is 3. The molecule has 4 aromatic rings. The van der Waals surface area contributed by atoms with Gasteiger partial charge in [-0.2, -0.15) is 5.10 Å². The summed E-state index contributed by atoms with van der Waals surface area (Å²) in [5.41, 5.74) is 2.78. The molecule has 0 saturated heterocycles. The second-order valence-corrected chi connectivity index (χ2v) is 8.21. The Bertz CT molecular complexity index is 1220. The van der Waals surface area contributed by atoms with Gasteiger partial charge in [-0.3, -0.25) is 4.98 Å². The largest absolute Gasteiger partial charge is 0.491 e. The molecule has 170 valence electrons. The van der Waals surface area contributed by atoms with Crippen molar-refractivity contribution in [2.45, 2.75) is 31.5 Å². The molecule has 1 atom stereocenters. The predicted molar refractivity (Wildman–Crippen MR) is 126 cm³/mol. The molecule has 1 aliphatic carbocycles. The minimum atomic E-state index is -0.580. The summed E-state index contributed by atoms with van der Waals surface area (Å²) in [4.78, 5) is 13.8. The standard InChI is InChI=1S/C24H27N7O2/c1-25-13-19(32)15-33-20-4-2-3-17(11-20)22-29-23(27-12-16-7-9-26-10-8-16)21-14-28-31(18-5-6-18)24(21)30-22/h2-4,7-11,14,18-19,25,32H,5-6,12-13,15H2,1H3,(H,27,29,30). The third-order valence-corrected chi connectivity index (χ3v) is 5.53. The average Bonchev–Trinajstić information content (AvgIpc) is 3.60. The Morgan fingerprint density at radius 2 is 2.03 bits per heavy atom. The second-order valence-electron chi connectivity index (χ2n) is 8.21. The van der Waals surface area contributed by atoms with Gasteiger partial charge in [0, 0.05) is 31.0 Å². The van der Waals surface area contributed by atoms with Crippen molar-refractivity contribution in [1.82, 2.24) is 30.0 Å². The van der Waals surface area contributed by atoms with Crippen molar-refractivity contribution < 1.29 is 9.84 Å². The number of benzene rings is 1. The zero-order valence-corrected chi connectivity index (χ0v) is 18.5. The van der Waals surface area contributed by atoms with Gasteiger partial charge in [-0.05, 0) is 49.7 Å². The SMILES string of the molecule is CNCC(O)COc1cccc(-c2nc(NCc3ccncc3)c3cnn(C4CC4)c3n2)c1. The van der Waals surface area contributed by atoms with Crippen molar-refractivity contribution in [3.05, 3.63) is 60.6 Å². The van der Waals surface area contributed by atoms with Crippen molar-refractivity contribution in [1.29, 1.82) is 0 Å². The van der Waals surface area contributed by atoms with E-state index in [4.69, 9.17) is 14.7 Å². The molecule has 3 aromatic heterocycles. The van der Waals surface area contributed by atoms with Crippen LogP contribution in [0.5, 0.6) is 5.75 Å². The minimum absolute atomic E-state index is 0.206. The van der Waals surface area contributed by atoms with Crippen LogP contribution in [0.15, 0.2) is 55.0 Å². The quantitative estimate of drug-likeness (QED) is 0.342. The highest BCUT2D eigenvalue weighted by Crippen LogP contribution is 2.37. The highest BCUT2D eigenvalue weighted by Gasteiger charge is 2.27. The predicted octanol–water partition coefficient (Wildman–Crippen LogP) is 2.79. The molecule has 0 aliphatic heterocycles. The fraction of sp³-hybridized carbons (Fsp3) is 0.333. The number of aromatic nitrogens is 5. The first kappa shape index (κ1) is 21.3. The maximum absolute atomic E-state index is 9.94. The number of hydrogen-bond acceptors (Lipinski definition) is 8. The molecule has 5 rings (SSSR count). The molecule has 1 fully saturated rings. The number of aliphatic hydroxyl groups is 1. The van der Waals surface area contributed by atoms with Crippen molar-refractivity contribution in [3.63, 3.8) is 0 Å². The highest BCUT2D eigenvalue weighted by atomic mass is 16.5. The Morgan fingerprint density at radius 3 is 2.82 bits per heavy atom. The number of aliphatic hydroxyl groups excluding tert-OH is 1. The van der Waals surface area contributed by atoms with E-state index < -0.39 is 6.10 Å². The van der Waals surface area contributed by atoms with Crippen LogP contribution in [0.25, 0.3) is 22.4 Å². The summed E-state index contributed by atoms with van der Waals surface area (Å²) in [5, 5.41) is 21.8. The topological polar surface area (TPSA) is 110 Å². The summed E-state index contributed by atoms with van der Waals surface area (Å²) in [7, 11) is 1.80. The van der Waals surface area contributed by atoms with E-state index in [1.165, 1.54) is 0 Å². The van der Waals surface area contributed by atoms with Gasteiger partial charge < -0.3 is 20.5 Å². The van der Waals surface area contributed by atoms with Crippen LogP contribution in [0.1, 0.15) is 24.4 Å². The number of pyridine rings is 1. The van der Waals surface area contributed by atoms with Gasteiger partial charge in [0.25, 0.3) is 0 Å². The van der Waals surface area contributed by atoms with Crippen LogP contribution >= 0.6 is 0 Å². The zero-order chi connectivity index (χ0) is 22.6. The fourth-order valence-electron chi connectivity index (χ4n) is 3.67. The zero-order valence-electron chi connectivity index (χ0n) is 18.5.